The number of aromatic hydroxyl groups is 1. The molecule has 172 valence electrons. The molecule has 2 aromatic carbocycles. The lowest BCUT2D eigenvalue weighted by atomic mass is 10.1. The molecule has 1 saturated heterocycles. The molecule has 10 nitrogen and oxygen atoms in total. The van der Waals surface area contributed by atoms with Gasteiger partial charge >= 0.3 is 6.09 Å². The van der Waals surface area contributed by atoms with E-state index in [-0.39, 0.29) is 30.1 Å². The van der Waals surface area contributed by atoms with Crippen molar-refractivity contribution in [2.45, 2.75) is 13.0 Å². The summed E-state index contributed by atoms with van der Waals surface area (Å²) in [5.41, 5.74) is 10.6. The second kappa shape index (κ2) is 9.47. The third-order valence-electron chi connectivity index (χ3n) is 5.33. The van der Waals surface area contributed by atoms with Crippen LogP contribution in [0.3, 0.4) is 0 Å². The van der Waals surface area contributed by atoms with Gasteiger partial charge in [0.2, 0.25) is 0 Å². The first kappa shape index (κ1) is 22.6. The first-order valence-corrected chi connectivity index (χ1v) is 10.2. The number of nitrogens with one attached hydrogen (secondary N) is 1. The lowest BCUT2D eigenvalue weighted by molar-refractivity contribution is 0.0913. The number of carbonyl (C=O) groups is 2. The molecule has 0 unspecified atom stereocenters. The Morgan fingerprint density at radius 2 is 2.09 bits per heavy atom. The van der Waals surface area contributed by atoms with E-state index in [4.69, 9.17) is 10.3 Å². The maximum atomic E-state index is 14.7. The Hall–Kier alpha value is -4.63. The zero-order valence-corrected chi connectivity index (χ0v) is 18.0. The Labute approximate surface area is 193 Å². The van der Waals surface area contributed by atoms with Gasteiger partial charge in [0.1, 0.15) is 17.7 Å². The van der Waals surface area contributed by atoms with Crippen molar-refractivity contribution in [3.63, 3.8) is 0 Å². The number of benzene rings is 2. The molecule has 0 saturated carbocycles. The van der Waals surface area contributed by atoms with Gasteiger partial charge in [-0.3, -0.25) is 14.7 Å². The predicted molar refractivity (Wildman–Crippen MR) is 121 cm³/mol. The van der Waals surface area contributed by atoms with Gasteiger partial charge in [0.15, 0.2) is 0 Å². The molecular formula is C23H19FN6O4. The Kier molecular flexibility index (Phi) is 6.28. The maximum Gasteiger partial charge on any atom is 0.414 e. The number of nitrogens with zero attached hydrogens (tertiary/aromatic N) is 5. The van der Waals surface area contributed by atoms with Gasteiger partial charge in [0.25, 0.3) is 5.91 Å². The molecule has 1 atom stereocenters. The molecule has 1 aliphatic heterocycles. The molecule has 1 aromatic heterocycles. The highest BCUT2D eigenvalue weighted by atomic mass is 19.1. The summed E-state index contributed by atoms with van der Waals surface area (Å²) >= 11 is 0. The number of phenols is 1. The van der Waals surface area contributed by atoms with Crippen LogP contribution in [0.1, 0.15) is 15.9 Å². The van der Waals surface area contributed by atoms with E-state index in [2.05, 4.69) is 20.3 Å². The van der Waals surface area contributed by atoms with E-state index in [0.29, 0.717) is 22.4 Å². The van der Waals surface area contributed by atoms with E-state index in [0.717, 1.165) is 0 Å². The normalized spacial score (nSPS) is 14.9. The van der Waals surface area contributed by atoms with Crippen LogP contribution in [-0.2, 0) is 4.74 Å². The van der Waals surface area contributed by atoms with Crippen LogP contribution in [0.4, 0.5) is 20.6 Å². The van der Waals surface area contributed by atoms with Gasteiger partial charge in [-0.2, -0.15) is 0 Å². The van der Waals surface area contributed by atoms with Crippen molar-refractivity contribution in [3.05, 3.63) is 82.2 Å². The molecule has 2 heterocycles. The van der Waals surface area contributed by atoms with E-state index in [9.17, 15) is 19.1 Å². The fourth-order valence-corrected chi connectivity index (χ4v) is 3.60. The van der Waals surface area contributed by atoms with E-state index in [1.807, 2.05) is 0 Å². The average Bonchev–Trinajstić information content (AvgIpc) is 3.20. The Bertz CT molecular complexity index is 1310. The molecule has 2 amide bonds. The number of ether oxygens (including phenoxy) is 1. The summed E-state index contributed by atoms with van der Waals surface area (Å²) in [6.07, 6.45) is 1.79. The second-order valence-electron chi connectivity index (χ2n) is 7.57. The number of aryl methyl sites for hydroxylation is 1. The first-order chi connectivity index (χ1) is 16.4. The number of hydrogen-bond donors (Lipinski definition) is 2. The summed E-state index contributed by atoms with van der Waals surface area (Å²) in [7, 11) is 0. The Morgan fingerprint density at radius 3 is 2.79 bits per heavy atom. The van der Waals surface area contributed by atoms with Crippen molar-refractivity contribution in [1.82, 2.24) is 10.3 Å². The molecule has 0 bridgehead atoms. The molecule has 4 rings (SSSR count). The Balaban J connectivity index is 1.42. The Morgan fingerprint density at radius 1 is 1.32 bits per heavy atom. The predicted octanol–water partition coefficient (Wildman–Crippen LogP) is 4.60. The molecule has 1 fully saturated rings. The van der Waals surface area contributed by atoms with Crippen LogP contribution in [-0.4, -0.2) is 41.3 Å². The van der Waals surface area contributed by atoms with Crippen molar-refractivity contribution in [1.29, 1.82) is 0 Å². The van der Waals surface area contributed by atoms with Crippen molar-refractivity contribution in [2.75, 3.05) is 18.0 Å². The van der Waals surface area contributed by atoms with Crippen LogP contribution in [0.5, 0.6) is 5.75 Å². The van der Waals surface area contributed by atoms with E-state index in [1.54, 1.807) is 43.6 Å². The van der Waals surface area contributed by atoms with Crippen LogP contribution in [0, 0.1) is 12.7 Å². The first-order valence-electron chi connectivity index (χ1n) is 10.2. The number of rotatable bonds is 6. The van der Waals surface area contributed by atoms with Gasteiger partial charge in [-0.05, 0) is 66.0 Å². The largest absolute Gasteiger partial charge is 0.507 e. The van der Waals surface area contributed by atoms with Gasteiger partial charge in [-0.15, -0.1) is 0 Å². The molecule has 34 heavy (non-hydrogen) atoms. The standard InChI is InChI=1S/C23H19FN6O4/c1-13-8-18(21(31)10-20(13)28-29-25)22(32)27-11-16-12-30(23(33)34-16)15-2-3-17(19(24)9-15)14-4-6-26-7-5-14/h2-10,16,31H,11-12H2,1H3,(H,27,32)/t16-/m0/s1. The van der Waals surface area contributed by atoms with Crippen molar-refractivity contribution in [2.24, 2.45) is 5.11 Å². The number of azide groups is 1. The summed E-state index contributed by atoms with van der Waals surface area (Å²) in [6.45, 7) is 1.72. The van der Waals surface area contributed by atoms with Gasteiger partial charge < -0.3 is 15.2 Å². The maximum absolute atomic E-state index is 14.7. The SMILES string of the molecule is Cc1cc(C(=O)NC[C@H]2CN(c3ccc(-c4ccncc4)c(F)c3)C(=O)O2)c(O)cc1N=[N+]=[N-]. The van der Waals surface area contributed by atoms with Gasteiger partial charge in [0, 0.05) is 28.6 Å². The van der Waals surface area contributed by atoms with Crippen LogP contribution in [0.25, 0.3) is 21.6 Å². The third-order valence-corrected chi connectivity index (χ3v) is 5.33. The van der Waals surface area contributed by atoms with E-state index in [1.165, 1.54) is 23.1 Å². The topological polar surface area (TPSA) is 141 Å². The fraction of sp³-hybridized carbons (Fsp3) is 0.174. The summed E-state index contributed by atoms with van der Waals surface area (Å²) in [4.78, 5) is 32.7. The van der Waals surface area contributed by atoms with Crippen LogP contribution in [0.15, 0.2) is 60.0 Å². The number of aromatic nitrogens is 1. The summed E-state index contributed by atoms with van der Waals surface area (Å²) in [5, 5.41) is 16.1. The number of anilines is 1. The highest BCUT2D eigenvalue weighted by Gasteiger charge is 2.33. The molecule has 2 N–H and O–H groups in total. The fourth-order valence-electron chi connectivity index (χ4n) is 3.60. The highest BCUT2D eigenvalue weighted by Crippen LogP contribution is 2.30. The number of phenolic OH excluding ortho intramolecular Hbond substituents is 1. The smallest absolute Gasteiger partial charge is 0.414 e. The number of amides is 2. The van der Waals surface area contributed by atoms with Crippen LogP contribution >= 0.6 is 0 Å². The molecule has 0 aliphatic carbocycles. The minimum Gasteiger partial charge on any atom is -0.507 e. The number of halogens is 1. The third kappa shape index (κ3) is 4.59. The minimum absolute atomic E-state index is 0.00987. The second-order valence-corrected chi connectivity index (χ2v) is 7.57. The zero-order valence-electron chi connectivity index (χ0n) is 18.0. The lowest BCUT2D eigenvalue weighted by Gasteiger charge is -2.15. The number of hydrogen-bond acceptors (Lipinski definition) is 6. The van der Waals surface area contributed by atoms with Crippen LogP contribution in [0.2, 0.25) is 0 Å². The lowest BCUT2D eigenvalue weighted by Crippen LogP contribution is -2.34. The molecular weight excluding hydrogens is 443 g/mol. The molecule has 3 aromatic rings. The van der Waals surface area contributed by atoms with Crippen molar-refractivity contribution < 1.29 is 23.8 Å². The number of carbonyl (C=O) groups excluding carboxylic acids is 2. The quantitative estimate of drug-likeness (QED) is 0.313. The molecule has 0 spiro atoms. The van der Waals surface area contributed by atoms with Crippen molar-refractivity contribution in [3.8, 4) is 16.9 Å². The van der Waals surface area contributed by atoms with E-state index < -0.39 is 23.9 Å². The summed E-state index contributed by atoms with van der Waals surface area (Å²) in [5.74, 6) is -1.43. The molecule has 1 aliphatic rings. The molecule has 11 heteroatoms. The zero-order chi connectivity index (χ0) is 24.2. The van der Waals surface area contributed by atoms with Gasteiger partial charge in [-0.25, -0.2) is 9.18 Å². The minimum atomic E-state index is -0.676. The van der Waals surface area contributed by atoms with E-state index >= 15 is 0 Å². The van der Waals surface area contributed by atoms with Gasteiger partial charge in [0.05, 0.1) is 24.3 Å². The van der Waals surface area contributed by atoms with Crippen LogP contribution < -0.4 is 10.2 Å². The summed E-state index contributed by atoms with van der Waals surface area (Å²) in [6, 6.07) is 10.4. The van der Waals surface area contributed by atoms with Crippen molar-refractivity contribution >= 4 is 23.4 Å². The highest BCUT2D eigenvalue weighted by molar-refractivity contribution is 5.97. The molecule has 0 radical (unpaired) electrons. The van der Waals surface area contributed by atoms with Gasteiger partial charge in [-0.1, -0.05) is 5.11 Å². The number of pyridine rings is 1. The summed E-state index contributed by atoms with van der Waals surface area (Å²) < 4.78 is 20.0. The number of cyclic esters (lactones) is 1. The average molecular weight is 462 g/mol. The monoisotopic (exact) mass is 462 g/mol.